The van der Waals surface area contributed by atoms with Gasteiger partial charge in [-0.05, 0) is 38.5 Å². The molecule has 0 aromatic carbocycles. The zero-order valence-electron chi connectivity index (χ0n) is 14.2. The third-order valence-electron chi connectivity index (χ3n) is 3.63. The van der Waals surface area contributed by atoms with Crippen molar-refractivity contribution in [3.63, 3.8) is 0 Å². The lowest BCUT2D eigenvalue weighted by Gasteiger charge is -2.00. The van der Waals surface area contributed by atoms with Gasteiger partial charge in [-0.2, -0.15) is 0 Å². The van der Waals surface area contributed by atoms with Crippen molar-refractivity contribution >= 4 is 5.91 Å². The van der Waals surface area contributed by atoms with Gasteiger partial charge in [0.25, 0.3) is 0 Å². The van der Waals surface area contributed by atoms with Gasteiger partial charge in [-0.3, -0.25) is 4.79 Å². The van der Waals surface area contributed by atoms with E-state index in [1.807, 2.05) is 0 Å². The van der Waals surface area contributed by atoms with E-state index in [2.05, 4.69) is 36.5 Å². The van der Waals surface area contributed by atoms with Crippen LogP contribution in [0, 0.1) is 0 Å². The zero-order valence-corrected chi connectivity index (χ0v) is 14.2. The summed E-state index contributed by atoms with van der Waals surface area (Å²) in [6.45, 7) is 2.24. The van der Waals surface area contributed by atoms with E-state index in [0.717, 1.165) is 12.8 Å². The quantitative estimate of drug-likeness (QED) is 0.330. The lowest BCUT2D eigenvalue weighted by Crippen LogP contribution is -2.16. The molecule has 0 saturated carbocycles. The Morgan fingerprint density at radius 3 is 2.00 bits per heavy atom. The van der Waals surface area contributed by atoms with Crippen LogP contribution in [0.25, 0.3) is 0 Å². The summed E-state index contributed by atoms with van der Waals surface area (Å²) < 4.78 is 0. The van der Waals surface area contributed by atoms with E-state index < -0.39 is 0 Å². The maximum atomic E-state index is 11.0. The first-order valence-corrected chi connectivity index (χ1v) is 8.81. The van der Waals surface area contributed by atoms with E-state index in [1.54, 1.807) is 7.05 Å². The van der Waals surface area contributed by atoms with Crippen LogP contribution in [0.5, 0.6) is 0 Å². The Kier molecular flexibility index (Phi) is 16.2. The fraction of sp³-hybridized carbons (Fsp3) is 0.737. The van der Waals surface area contributed by atoms with Gasteiger partial charge in [0.05, 0.1) is 0 Å². The fourth-order valence-electron chi connectivity index (χ4n) is 2.22. The van der Waals surface area contributed by atoms with Gasteiger partial charge in [-0.25, -0.2) is 0 Å². The summed E-state index contributed by atoms with van der Waals surface area (Å²) in [5, 5.41) is 2.66. The standard InChI is InChI=1S/C19H35NO/c1-3-4-5-6-7-8-9-10-11-12-13-14-15-16-17-18-19(21)20-2/h7-8,10-11H,3-6,9,12-18H2,1-2H3,(H,20,21)/b8-7-,11-10-. The predicted molar refractivity (Wildman–Crippen MR) is 93.4 cm³/mol. The van der Waals surface area contributed by atoms with E-state index in [9.17, 15) is 4.79 Å². The molecule has 0 atom stereocenters. The molecule has 0 radical (unpaired) electrons. The Balaban J connectivity index is 3.20. The number of hydrogen-bond donors (Lipinski definition) is 1. The second-order valence-electron chi connectivity index (χ2n) is 5.65. The van der Waals surface area contributed by atoms with E-state index in [1.165, 1.54) is 57.8 Å². The van der Waals surface area contributed by atoms with Crippen LogP contribution < -0.4 is 5.32 Å². The van der Waals surface area contributed by atoms with E-state index in [4.69, 9.17) is 0 Å². The highest BCUT2D eigenvalue weighted by molar-refractivity contribution is 5.75. The number of nitrogens with one attached hydrogen (secondary N) is 1. The molecule has 0 aromatic heterocycles. The number of rotatable bonds is 14. The second-order valence-corrected chi connectivity index (χ2v) is 5.65. The lowest BCUT2D eigenvalue weighted by atomic mass is 10.1. The third kappa shape index (κ3) is 16.9. The Labute approximate surface area is 132 Å². The van der Waals surface area contributed by atoms with Gasteiger partial charge in [-0.15, -0.1) is 0 Å². The van der Waals surface area contributed by atoms with Crippen LogP contribution in [0.2, 0.25) is 0 Å². The van der Waals surface area contributed by atoms with Gasteiger partial charge in [0.15, 0.2) is 0 Å². The van der Waals surface area contributed by atoms with Crippen LogP contribution in [0.15, 0.2) is 24.3 Å². The second kappa shape index (κ2) is 17.0. The first-order chi connectivity index (χ1) is 10.3. The summed E-state index contributed by atoms with van der Waals surface area (Å²) in [6.07, 6.45) is 23.4. The van der Waals surface area contributed by atoms with Crippen molar-refractivity contribution in [1.82, 2.24) is 5.32 Å². The summed E-state index contributed by atoms with van der Waals surface area (Å²) >= 11 is 0. The molecule has 1 N–H and O–H groups in total. The molecule has 1 amide bonds. The van der Waals surface area contributed by atoms with Crippen molar-refractivity contribution in [3.05, 3.63) is 24.3 Å². The van der Waals surface area contributed by atoms with Crippen LogP contribution in [-0.2, 0) is 4.79 Å². The molecule has 21 heavy (non-hydrogen) atoms. The molecular weight excluding hydrogens is 258 g/mol. The van der Waals surface area contributed by atoms with Gasteiger partial charge in [0, 0.05) is 13.5 Å². The smallest absolute Gasteiger partial charge is 0.219 e. The average Bonchev–Trinajstić information content (AvgIpc) is 2.50. The zero-order chi connectivity index (χ0) is 15.6. The molecule has 2 nitrogen and oxygen atoms in total. The molecule has 2 heteroatoms. The molecule has 0 aliphatic rings. The minimum absolute atomic E-state index is 0.167. The van der Waals surface area contributed by atoms with Gasteiger partial charge < -0.3 is 5.32 Å². The molecule has 0 unspecified atom stereocenters. The molecule has 0 bridgehead atoms. The SMILES string of the molecule is CCCCC/C=C\C/C=C\CCCCCCCC(=O)NC. The number of carbonyl (C=O) groups excluding carboxylic acids is 1. The highest BCUT2D eigenvalue weighted by Crippen LogP contribution is 2.08. The molecule has 0 aliphatic heterocycles. The maximum Gasteiger partial charge on any atom is 0.219 e. The Morgan fingerprint density at radius 1 is 0.810 bits per heavy atom. The van der Waals surface area contributed by atoms with Crippen molar-refractivity contribution in [3.8, 4) is 0 Å². The average molecular weight is 293 g/mol. The minimum Gasteiger partial charge on any atom is -0.359 e. The molecule has 0 heterocycles. The normalized spacial score (nSPS) is 11.5. The lowest BCUT2D eigenvalue weighted by molar-refractivity contribution is -0.120. The molecular formula is C19H35NO. The van der Waals surface area contributed by atoms with Crippen LogP contribution in [0.3, 0.4) is 0 Å². The molecule has 0 saturated heterocycles. The third-order valence-corrected chi connectivity index (χ3v) is 3.63. The Hall–Kier alpha value is -1.05. The maximum absolute atomic E-state index is 11.0. The number of unbranched alkanes of at least 4 members (excludes halogenated alkanes) is 8. The van der Waals surface area contributed by atoms with Crippen LogP contribution in [0.4, 0.5) is 0 Å². The Bertz CT molecular complexity index is 281. The summed E-state index contributed by atoms with van der Waals surface area (Å²) in [7, 11) is 1.70. The van der Waals surface area contributed by atoms with E-state index in [-0.39, 0.29) is 5.91 Å². The molecule has 0 aliphatic carbocycles. The highest BCUT2D eigenvalue weighted by atomic mass is 16.1. The van der Waals surface area contributed by atoms with Crippen molar-refractivity contribution in [2.75, 3.05) is 7.05 Å². The van der Waals surface area contributed by atoms with Crippen molar-refractivity contribution in [1.29, 1.82) is 0 Å². The molecule has 122 valence electrons. The molecule has 0 aromatic rings. The number of amides is 1. The highest BCUT2D eigenvalue weighted by Gasteiger charge is 1.96. The largest absolute Gasteiger partial charge is 0.359 e. The predicted octanol–water partition coefficient (Wildman–Crippen LogP) is 5.55. The van der Waals surface area contributed by atoms with Gasteiger partial charge in [0.2, 0.25) is 5.91 Å². The minimum atomic E-state index is 0.167. The van der Waals surface area contributed by atoms with Crippen molar-refractivity contribution < 1.29 is 4.79 Å². The van der Waals surface area contributed by atoms with Crippen LogP contribution in [-0.4, -0.2) is 13.0 Å². The summed E-state index contributed by atoms with van der Waals surface area (Å²) in [5.41, 5.74) is 0. The molecule has 0 rings (SSSR count). The first kappa shape index (κ1) is 19.9. The van der Waals surface area contributed by atoms with Gasteiger partial charge in [0.1, 0.15) is 0 Å². The summed E-state index contributed by atoms with van der Waals surface area (Å²) in [4.78, 5) is 11.0. The van der Waals surface area contributed by atoms with E-state index in [0.29, 0.717) is 6.42 Å². The molecule has 0 fully saturated rings. The number of carbonyl (C=O) groups is 1. The molecule has 0 spiro atoms. The topological polar surface area (TPSA) is 29.1 Å². The summed E-state index contributed by atoms with van der Waals surface area (Å²) in [5.74, 6) is 0.167. The summed E-state index contributed by atoms with van der Waals surface area (Å²) in [6, 6.07) is 0. The first-order valence-electron chi connectivity index (χ1n) is 8.81. The van der Waals surface area contributed by atoms with E-state index >= 15 is 0 Å². The van der Waals surface area contributed by atoms with Crippen LogP contribution in [0.1, 0.15) is 84.0 Å². The van der Waals surface area contributed by atoms with Gasteiger partial charge >= 0.3 is 0 Å². The Morgan fingerprint density at radius 2 is 1.38 bits per heavy atom. The van der Waals surface area contributed by atoms with Crippen molar-refractivity contribution in [2.45, 2.75) is 84.0 Å². The van der Waals surface area contributed by atoms with Crippen molar-refractivity contribution in [2.24, 2.45) is 0 Å². The monoisotopic (exact) mass is 293 g/mol. The van der Waals surface area contributed by atoms with Gasteiger partial charge in [-0.1, -0.05) is 63.3 Å². The number of allylic oxidation sites excluding steroid dienone is 4. The fourth-order valence-corrected chi connectivity index (χ4v) is 2.22. The van der Waals surface area contributed by atoms with Crippen LogP contribution >= 0.6 is 0 Å². The number of hydrogen-bond acceptors (Lipinski definition) is 1.